The van der Waals surface area contributed by atoms with Gasteiger partial charge in [0.1, 0.15) is 11.5 Å². The Bertz CT molecular complexity index is 1100. The van der Waals surface area contributed by atoms with Gasteiger partial charge in [0.25, 0.3) is 5.91 Å². The number of furan rings is 1. The number of carbonyl (C=O) groups is 1. The van der Waals surface area contributed by atoms with Crippen molar-refractivity contribution in [3.05, 3.63) is 93.6 Å². The first-order valence-electron chi connectivity index (χ1n) is 8.75. The molecule has 0 unspecified atom stereocenters. The molecule has 0 saturated carbocycles. The number of amides is 1. The van der Waals surface area contributed by atoms with Gasteiger partial charge in [0, 0.05) is 28.1 Å². The van der Waals surface area contributed by atoms with Crippen LogP contribution in [0, 0.1) is 6.92 Å². The molecule has 2 heterocycles. The number of rotatable bonds is 5. The van der Waals surface area contributed by atoms with Crippen LogP contribution in [0.25, 0.3) is 11.3 Å². The number of thiazole rings is 1. The zero-order valence-electron chi connectivity index (χ0n) is 15.1. The molecule has 2 aromatic carbocycles. The van der Waals surface area contributed by atoms with Crippen molar-refractivity contribution >= 4 is 34.0 Å². The van der Waals surface area contributed by atoms with Gasteiger partial charge in [0.2, 0.25) is 0 Å². The first-order valence-corrected chi connectivity index (χ1v) is 9.94. The van der Waals surface area contributed by atoms with E-state index >= 15 is 0 Å². The van der Waals surface area contributed by atoms with Gasteiger partial charge in [-0.1, -0.05) is 54.1 Å². The molecule has 1 N–H and O–H groups in total. The first-order chi connectivity index (χ1) is 13.6. The lowest BCUT2D eigenvalue weighted by Gasteiger charge is -2.00. The van der Waals surface area contributed by atoms with Gasteiger partial charge < -0.3 is 4.42 Å². The number of hydrogen-bond acceptors (Lipinski definition) is 4. The van der Waals surface area contributed by atoms with E-state index in [4.69, 9.17) is 16.0 Å². The molecule has 0 spiro atoms. The molecule has 1 amide bonds. The molecule has 0 aliphatic carbocycles. The lowest BCUT2D eigenvalue weighted by atomic mass is 10.1. The molecule has 0 radical (unpaired) electrons. The predicted molar refractivity (Wildman–Crippen MR) is 113 cm³/mol. The van der Waals surface area contributed by atoms with Crippen LogP contribution in [0.4, 0.5) is 5.13 Å². The topological polar surface area (TPSA) is 55.1 Å². The Morgan fingerprint density at radius 2 is 1.89 bits per heavy atom. The fraction of sp³-hybridized carbons (Fsp3) is 0.0909. The van der Waals surface area contributed by atoms with Gasteiger partial charge in [0.15, 0.2) is 5.13 Å². The lowest BCUT2D eigenvalue weighted by molar-refractivity contribution is 0.102. The van der Waals surface area contributed by atoms with Crippen LogP contribution in [0.2, 0.25) is 5.02 Å². The minimum absolute atomic E-state index is 0.226. The maximum absolute atomic E-state index is 12.7. The van der Waals surface area contributed by atoms with Crippen molar-refractivity contribution in [2.75, 3.05) is 5.32 Å². The van der Waals surface area contributed by atoms with Crippen molar-refractivity contribution in [3.63, 3.8) is 0 Å². The van der Waals surface area contributed by atoms with Crippen LogP contribution in [0.3, 0.4) is 0 Å². The van der Waals surface area contributed by atoms with Crippen molar-refractivity contribution in [1.82, 2.24) is 4.98 Å². The second-order valence-electron chi connectivity index (χ2n) is 6.34. The van der Waals surface area contributed by atoms with Crippen molar-refractivity contribution in [2.24, 2.45) is 0 Å². The quantitative estimate of drug-likeness (QED) is 0.427. The van der Waals surface area contributed by atoms with Crippen molar-refractivity contribution in [3.8, 4) is 11.3 Å². The molecule has 0 saturated heterocycles. The van der Waals surface area contributed by atoms with Crippen molar-refractivity contribution < 1.29 is 9.21 Å². The zero-order chi connectivity index (χ0) is 19.5. The molecular weight excluding hydrogens is 392 g/mol. The van der Waals surface area contributed by atoms with Crippen molar-refractivity contribution in [2.45, 2.75) is 13.3 Å². The maximum atomic E-state index is 12.7. The summed E-state index contributed by atoms with van der Waals surface area (Å²) in [6, 6.07) is 19.2. The summed E-state index contributed by atoms with van der Waals surface area (Å²) >= 11 is 7.38. The maximum Gasteiger partial charge on any atom is 0.261 e. The summed E-state index contributed by atoms with van der Waals surface area (Å²) in [4.78, 5) is 18.0. The van der Waals surface area contributed by atoms with Crippen LogP contribution in [-0.4, -0.2) is 10.9 Å². The standard InChI is InChI=1S/C22H17ClN2O2S/c1-14-19(12-20(27-14)16-5-3-2-4-6-16)21(26)25-22-24-13-18(28-22)11-15-7-9-17(23)10-8-15/h2-10,12-13H,11H2,1H3,(H,24,25,26). The van der Waals surface area contributed by atoms with Gasteiger partial charge in [-0.05, 0) is 30.7 Å². The van der Waals surface area contributed by atoms with E-state index in [1.165, 1.54) is 11.3 Å². The highest BCUT2D eigenvalue weighted by molar-refractivity contribution is 7.15. The average molecular weight is 409 g/mol. The summed E-state index contributed by atoms with van der Waals surface area (Å²) in [5.41, 5.74) is 2.58. The molecule has 0 bridgehead atoms. The third-order valence-corrected chi connectivity index (χ3v) is 5.45. The molecule has 4 nitrogen and oxygen atoms in total. The highest BCUT2D eigenvalue weighted by atomic mass is 35.5. The Labute approximate surface area is 171 Å². The number of benzene rings is 2. The van der Waals surface area contributed by atoms with Gasteiger partial charge in [-0.2, -0.15) is 0 Å². The SMILES string of the molecule is Cc1oc(-c2ccccc2)cc1C(=O)Nc1ncc(Cc2ccc(Cl)cc2)s1. The number of aromatic nitrogens is 1. The third kappa shape index (κ3) is 4.16. The van der Waals surface area contributed by atoms with Gasteiger partial charge in [0.05, 0.1) is 5.56 Å². The number of nitrogens with one attached hydrogen (secondary N) is 1. The minimum atomic E-state index is -0.226. The fourth-order valence-electron chi connectivity index (χ4n) is 2.87. The molecule has 0 atom stereocenters. The Morgan fingerprint density at radius 3 is 2.64 bits per heavy atom. The third-order valence-electron chi connectivity index (χ3n) is 4.29. The summed E-state index contributed by atoms with van der Waals surface area (Å²) < 4.78 is 5.76. The van der Waals surface area contributed by atoms with E-state index < -0.39 is 0 Å². The summed E-state index contributed by atoms with van der Waals surface area (Å²) in [7, 11) is 0. The van der Waals surface area contributed by atoms with E-state index in [2.05, 4.69) is 10.3 Å². The molecule has 4 aromatic rings. The van der Waals surface area contributed by atoms with Gasteiger partial charge in [-0.15, -0.1) is 11.3 Å². The highest BCUT2D eigenvalue weighted by Crippen LogP contribution is 2.27. The van der Waals surface area contributed by atoms with Crippen LogP contribution in [0.15, 0.2) is 71.3 Å². The van der Waals surface area contributed by atoms with E-state index in [-0.39, 0.29) is 5.91 Å². The Balaban J connectivity index is 1.46. The van der Waals surface area contributed by atoms with E-state index in [9.17, 15) is 4.79 Å². The molecule has 28 heavy (non-hydrogen) atoms. The largest absolute Gasteiger partial charge is 0.461 e. The number of anilines is 1. The number of carbonyl (C=O) groups excluding carboxylic acids is 1. The summed E-state index contributed by atoms with van der Waals surface area (Å²) in [5.74, 6) is 1.02. The van der Waals surface area contributed by atoms with Crippen LogP contribution in [0.1, 0.15) is 26.6 Å². The Hall–Kier alpha value is -2.89. The predicted octanol–water partition coefficient (Wildman–Crippen LogP) is 6.21. The number of halogens is 1. The van der Waals surface area contributed by atoms with Gasteiger partial charge in [-0.25, -0.2) is 4.98 Å². The van der Waals surface area contributed by atoms with Gasteiger partial charge in [-0.3, -0.25) is 10.1 Å². The van der Waals surface area contributed by atoms with Crippen LogP contribution in [-0.2, 0) is 6.42 Å². The molecule has 140 valence electrons. The first kappa shape index (κ1) is 18.5. The number of hydrogen-bond donors (Lipinski definition) is 1. The van der Waals surface area contributed by atoms with Crippen LogP contribution >= 0.6 is 22.9 Å². The molecule has 0 aliphatic heterocycles. The van der Waals surface area contributed by atoms with E-state index in [1.807, 2.05) is 54.6 Å². The molecular formula is C22H17ClN2O2S. The normalized spacial score (nSPS) is 10.8. The second-order valence-corrected chi connectivity index (χ2v) is 7.89. The summed E-state index contributed by atoms with van der Waals surface area (Å²) in [5, 5.41) is 4.15. The smallest absolute Gasteiger partial charge is 0.261 e. The van der Waals surface area contributed by atoms with E-state index in [0.717, 1.165) is 22.4 Å². The molecule has 2 aromatic heterocycles. The molecule has 6 heteroatoms. The summed E-state index contributed by atoms with van der Waals surface area (Å²) in [6.07, 6.45) is 2.53. The van der Waals surface area contributed by atoms with Crippen LogP contribution in [0.5, 0.6) is 0 Å². The summed E-state index contributed by atoms with van der Waals surface area (Å²) in [6.45, 7) is 1.79. The van der Waals surface area contributed by atoms with E-state index in [1.54, 1.807) is 19.2 Å². The zero-order valence-corrected chi connectivity index (χ0v) is 16.7. The van der Waals surface area contributed by atoms with Crippen LogP contribution < -0.4 is 5.32 Å². The average Bonchev–Trinajstić information content (AvgIpc) is 3.30. The monoisotopic (exact) mass is 408 g/mol. The number of nitrogens with zero attached hydrogens (tertiary/aromatic N) is 1. The lowest BCUT2D eigenvalue weighted by Crippen LogP contribution is -2.11. The number of aryl methyl sites for hydroxylation is 1. The van der Waals surface area contributed by atoms with E-state index in [0.29, 0.717) is 27.2 Å². The Morgan fingerprint density at radius 1 is 1.14 bits per heavy atom. The highest BCUT2D eigenvalue weighted by Gasteiger charge is 2.17. The van der Waals surface area contributed by atoms with Crippen molar-refractivity contribution in [1.29, 1.82) is 0 Å². The Kier molecular flexibility index (Phi) is 5.28. The van der Waals surface area contributed by atoms with Gasteiger partial charge >= 0.3 is 0 Å². The minimum Gasteiger partial charge on any atom is -0.461 e. The molecule has 0 aliphatic rings. The fourth-order valence-corrected chi connectivity index (χ4v) is 3.83. The molecule has 0 fully saturated rings. The molecule has 4 rings (SSSR count). The second kappa shape index (κ2) is 8.00.